The highest BCUT2D eigenvalue weighted by Crippen LogP contribution is 2.29. The predicted molar refractivity (Wildman–Crippen MR) is 72.3 cm³/mol. The number of aliphatic hydroxyl groups is 1. The SMILES string of the molecule is COc1cc(OC)cc(Oc2ncc(CO)c(C)n2)c1. The highest BCUT2D eigenvalue weighted by molar-refractivity contribution is 5.42. The van der Waals surface area contributed by atoms with E-state index in [1.54, 1.807) is 39.3 Å². The van der Waals surface area contributed by atoms with Gasteiger partial charge in [0.25, 0.3) is 0 Å². The lowest BCUT2D eigenvalue weighted by molar-refractivity contribution is 0.279. The first kappa shape index (κ1) is 14.1. The zero-order valence-electron chi connectivity index (χ0n) is 11.6. The van der Waals surface area contributed by atoms with Crippen LogP contribution in [0.4, 0.5) is 0 Å². The van der Waals surface area contributed by atoms with Gasteiger partial charge in [-0.2, -0.15) is 4.98 Å². The number of nitrogens with zero attached hydrogens (tertiary/aromatic N) is 2. The van der Waals surface area contributed by atoms with Gasteiger partial charge in [-0.05, 0) is 6.92 Å². The van der Waals surface area contributed by atoms with E-state index in [9.17, 15) is 0 Å². The second-order valence-electron chi connectivity index (χ2n) is 4.07. The lowest BCUT2D eigenvalue weighted by atomic mass is 10.3. The second-order valence-corrected chi connectivity index (χ2v) is 4.07. The van der Waals surface area contributed by atoms with Crippen molar-refractivity contribution in [3.63, 3.8) is 0 Å². The molecule has 0 atom stereocenters. The summed E-state index contributed by atoms with van der Waals surface area (Å²) in [6.45, 7) is 1.69. The van der Waals surface area contributed by atoms with Gasteiger partial charge >= 0.3 is 6.01 Å². The summed E-state index contributed by atoms with van der Waals surface area (Å²) in [6.07, 6.45) is 1.54. The van der Waals surface area contributed by atoms with Gasteiger partial charge in [-0.15, -0.1) is 0 Å². The molecule has 0 unspecified atom stereocenters. The Labute approximate surface area is 117 Å². The largest absolute Gasteiger partial charge is 0.496 e. The average Bonchev–Trinajstić information content (AvgIpc) is 2.47. The molecule has 0 saturated heterocycles. The Balaban J connectivity index is 2.27. The van der Waals surface area contributed by atoms with E-state index < -0.39 is 0 Å². The first-order valence-electron chi connectivity index (χ1n) is 6.00. The van der Waals surface area contributed by atoms with E-state index in [0.29, 0.717) is 28.5 Å². The molecule has 0 saturated carbocycles. The standard InChI is InChI=1S/C14H16N2O4/c1-9-10(8-17)7-15-14(16-9)20-13-5-11(18-2)4-12(6-13)19-3/h4-7,17H,8H2,1-3H3. The van der Waals surface area contributed by atoms with E-state index >= 15 is 0 Å². The second kappa shape index (κ2) is 6.21. The van der Waals surface area contributed by atoms with Crippen molar-refractivity contribution in [1.29, 1.82) is 0 Å². The third-order valence-electron chi connectivity index (χ3n) is 2.76. The van der Waals surface area contributed by atoms with Crippen molar-refractivity contribution in [1.82, 2.24) is 9.97 Å². The minimum absolute atomic E-state index is 0.0981. The van der Waals surface area contributed by atoms with Crippen molar-refractivity contribution in [2.75, 3.05) is 14.2 Å². The molecule has 0 bridgehead atoms. The van der Waals surface area contributed by atoms with E-state index in [1.807, 2.05) is 0 Å². The van der Waals surface area contributed by atoms with E-state index in [2.05, 4.69) is 9.97 Å². The molecule has 0 aliphatic heterocycles. The van der Waals surface area contributed by atoms with Gasteiger partial charge in [-0.25, -0.2) is 4.98 Å². The Kier molecular flexibility index (Phi) is 4.37. The molecule has 6 nitrogen and oxygen atoms in total. The highest BCUT2D eigenvalue weighted by Gasteiger charge is 2.07. The van der Waals surface area contributed by atoms with E-state index in [-0.39, 0.29) is 12.6 Å². The molecule has 1 heterocycles. The van der Waals surface area contributed by atoms with Crippen LogP contribution in [-0.4, -0.2) is 29.3 Å². The molecule has 0 spiro atoms. The fraction of sp³-hybridized carbons (Fsp3) is 0.286. The fourth-order valence-electron chi connectivity index (χ4n) is 1.62. The summed E-state index contributed by atoms with van der Waals surface area (Å²) in [7, 11) is 3.13. The number of aromatic nitrogens is 2. The Hall–Kier alpha value is -2.34. The molecular weight excluding hydrogens is 260 g/mol. The third-order valence-corrected chi connectivity index (χ3v) is 2.76. The third kappa shape index (κ3) is 3.16. The zero-order valence-corrected chi connectivity index (χ0v) is 11.6. The maximum Gasteiger partial charge on any atom is 0.322 e. The molecule has 1 aromatic heterocycles. The molecule has 2 rings (SSSR count). The summed E-state index contributed by atoms with van der Waals surface area (Å²) in [5.74, 6) is 1.74. The van der Waals surface area contributed by atoms with Gasteiger partial charge in [0.15, 0.2) is 0 Å². The number of hydrogen-bond donors (Lipinski definition) is 1. The van der Waals surface area contributed by atoms with Crippen LogP contribution in [-0.2, 0) is 6.61 Å². The summed E-state index contributed by atoms with van der Waals surface area (Å²) in [6, 6.07) is 5.37. The number of hydrogen-bond acceptors (Lipinski definition) is 6. The van der Waals surface area contributed by atoms with Crippen LogP contribution in [0.2, 0.25) is 0 Å². The zero-order chi connectivity index (χ0) is 14.5. The molecule has 20 heavy (non-hydrogen) atoms. The van der Waals surface area contributed by atoms with Crippen molar-refractivity contribution < 1.29 is 19.3 Å². The molecule has 0 amide bonds. The molecule has 0 radical (unpaired) electrons. The minimum Gasteiger partial charge on any atom is -0.496 e. The van der Waals surface area contributed by atoms with Gasteiger partial charge in [-0.1, -0.05) is 0 Å². The lowest BCUT2D eigenvalue weighted by Gasteiger charge is -2.09. The van der Waals surface area contributed by atoms with Crippen LogP contribution in [0.5, 0.6) is 23.3 Å². The smallest absolute Gasteiger partial charge is 0.322 e. The van der Waals surface area contributed by atoms with Gasteiger partial charge < -0.3 is 19.3 Å². The van der Waals surface area contributed by atoms with Crippen molar-refractivity contribution in [3.8, 4) is 23.3 Å². The van der Waals surface area contributed by atoms with E-state index in [1.165, 1.54) is 6.20 Å². The van der Waals surface area contributed by atoms with Crippen molar-refractivity contribution in [2.24, 2.45) is 0 Å². The maximum atomic E-state index is 9.08. The van der Waals surface area contributed by atoms with Gasteiger partial charge in [0.1, 0.15) is 17.2 Å². The molecule has 2 aromatic rings. The summed E-state index contributed by atoms with van der Waals surface area (Å²) in [4.78, 5) is 8.22. The highest BCUT2D eigenvalue weighted by atomic mass is 16.5. The summed E-state index contributed by atoms with van der Waals surface area (Å²) in [5.41, 5.74) is 1.34. The monoisotopic (exact) mass is 276 g/mol. The Morgan fingerprint density at radius 3 is 2.15 bits per heavy atom. The summed E-state index contributed by atoms with van der Waals surface area (Å²) < 4.78 is 15.9. The number of aliphatic hydroxyl groups excluding tert-OH is 1. The molecule has 1 N–H and O–H groups in total. The van der Waals surface area contributed by atoms with Crippen molar-refractivity contribution in [3.05, 3.63) is 35.7 Å². The number of benzene rings is 1. The van der Waals surface area contributed by atoms with Crippen LogP contribution in [0.3, 0.4) is 0 Å². The molecule has 6 heteroatoms. The lowest BCUT2D eigenvalue weighted by Crippen LogP contribution is -1.99. The van der Waals surface area contributed by atoms with Gasteiger partial charge in [0.05, 0.1) is 26.5 Å². The number of aryl methyl sites for hydroxylation is 1. The molecule has 1 aromatic carbocycles. The summed E-state index contributed by atoms with van der Waals surface area (Å²) >= 11 is 0. The molecular formula is C14H16N2O4. The van der Waals surface area contributed by atoms with Crippen LogP contribution >= 0.6 is 0 Å². The maximum absolute atomic E-state index is 9.08. The topological polar surface area (TPSA) is 73.7 Å². The molecule has 106 valence electrons. The molecule has 0 aliphatic carbocycles. The van der Waals surface area contributed by atoms with Gasteiger partial charge in [0, 0.05) is 30.0 Å². The first-order valence-corrected chi connectivity index (χ1v) is 6.00. The number of methoxy groups -OCH3 is 2. The Morgan fingerprint density at radius 1 is 1.05 bits per heavy atom. The minimum atomic E-state index is -0.0981. The fourth-order valence-corrected chi connectivity index (χ4v) is 1.62. The van der Waals surface area contributed by atoms with Crippen LogP contribution in [0.15, 0.2) is 24.4 Å². The molecule has 0 fully saturated rings. The average molecular weight is 276 g/mol. The van der Waals surface area contributed by atoms with Crippen molar-refractivity contribution in [2.45, 2.75) is 13.5 Å². The quantitative estimate of drug-likeness (QED) is 0.901. The van der Waals surface area contributed by atoms with E-state index in [4.69, 9.17) is 19.3 Å². The van der Waals surface area contributed by atoms with Crippen LogP contribution in [0.25, 0.3) is 0 Å². The normalized spacial score (nSPS) is 10.2. The van der Waals surface area contributed by atoms with Crippen LogP contribution in [0, 0.1) is 6.92 Å². The van der Waals surface area contributed by atoms with Crippen LogP contribution < -0.4 is 14.2 Å². The Bertz CT molecular complexity index is 579. The first-order chi connectivity index (χ1) is 9.66. The van der Waals surface area contributed by atoms with E-state index in [0.717, 1.165) is 0 Å². The van der Waals surface area contributed by atoms with Crippen LogP contribution in [0.1, 0.15) is 11.3 Å². The molecule has 0 aliphatic rings. The van der Waals surface area contributed by atoms with Crippen molar-refractivity contribution >= 4 is 0 Å². The van der Waals surface area contributed by atoms with Gasteiger partial charge in [0.2, 0.25) is 0 Å². The predicted octanol–water partition coefficient (Wildman–Crippen LogP) is 2.09. The summed E-state index contributed by atoms with van der Waals surface area (Å²) in [5, 5.41) is 9.08. The Morgan fingerprint density at radius 2 is 1.65 bits per heavy atom. The number of rotatable bonds is 5. The van der Waals surface area contributed by atoms with Gasteiger partial charge in [-0.3, -0.25) is 0 Å². The number of ether oxygens (including phenoxy) is 3.